The highest BCUT2D eigenvalue weighted by atomic mass is 35.5. The number of carbonyl (C=O) groups excluding carboxylic acids is 1. The van der Waals surface area contributed by atoms with Crippen LogP contribution in [0.4, 0.5) is 5.69 Å². The summed E-state index contributed by atoms with van der Waals surface area (Å²) in [6.07, 6.45) is 1.56. The Morgan fingerprint density at radius 2 is 1.73 bits per heavy atom. The van der Waals surface area contributed by atoms with Crippen LogP contribution < -0.4 is 14.5 Å². The molecule has 4 rings (SSSR count). The van der Waals surface area contributed by atoms with Crippen molar-refractivity contribution in [3.8, 4) is 11.4 Å². The fraction of sp³-hybridized carbons (Fsp3) is 0.200. The van der Waals surface area contributed by atoms with Gasteiger partial charge in [0.05, 0.1) is 23.4 Å². The molecule has 0 aliphatic heterocycles. The van der Waals surface area contributed by atoms with Gasteiger partial charge in [0.15, 0.2) is 0 Å². The Hall–Kier alpha value is -4.08. The van der Waals surface area contributed by atoms with Crippen molar-refractivity contribution in [2.75, 3.05) is 17.5 Å². The second kappa shape index (κ2) is 12.4. The number of aromatic nitrogens is 1. The Kier molecular flexibility index (Phi) is 8.96. The highest BCUT2D eigenvalue weighted by Gasteiger charge is 2.27. The lowest BCUT2D eigenvalue weighted by atomic mass is 10.2. The Balaban J connectivity index is 1.56. The number of aryl methyl sites for hydroxylation is 2. The van der Waals surface area contributed by atoms with Gasteiger partial charge in [-0.25, -0.2) is 13.8 Å². The molecule has 0 fully saturated rings. The number of halogens is 1. The summed E-state index contributed by atoms with van der Waals surface area (Å²) in [5.74, 6) is -0.0115. The SMILES string of the molecule is CCOc1ccc(N(CC(=O)N/N=C\c2cc(C)n(-c3cccc(C)c3)c2C)S(=O)(=O)c2ccc(Cl)cc2)cc1. The zero-order chi connectivity index (χ0) is 28.9. The van der Waals surface area contributed by atoms with Crippen molar-refractivity contribution < 1.29 is 17.9 Å². The number of sulfonamides is 1. The lowest BCUT2D eigenvalue weighted by molar-refractivity contribution is -0.119. The number of amides is 1. The molecule has 0 saturated heterocycles. The van der Waals surface area contributed by atoms with Crippen LogP contribution in [0.25, 0.3) is 5.69 Å². The highest BCUT2D eigenvalue weighted by molar-refractivity contribution is 7.92. The normalized spacial score (nSPS) is 11.5. The Morgan fingerprint density at radius 1 is 1.02 bits per heavy atom. The number of anilines is 1. The fourth-order valence-electron chi connectivity index (χ4n) is 4.35. The molecular formula is C30H31ClN4O4S. The van der Waals surface area contributed by atoms with Gasteiger partial charge in [0.1, 0.15) is 12.3 Å². The van der Waals surface area contributed by atoms with E-state index >= 15 is 0 Å². The van der Waals surface area contributed by atoms with E-state index in [1.807, 2.05) is 52.0 Å². The van der Waals surface area contributed by atoms with Crippen molar-refractivity contribution in [2.24, 2.45) is 5.10 Å². The molecule has 3 aromatic carbocycles. The average molecular weight is 579 g/mol. The van der Waals surface area contributed by atoms with Gasteiger partial charge in [-0.1, -0.05) is 23.7 Å². The number of rotatable bonds is 10. The first-order valence-electron chi connectivity index (χ1n) is 12.7. The Morgan fingerprint density at radius 3 is 2.38 bits per heavy atom. The molecule has 0 aliphatic carbocycles. The van der Waals surface area contributed by atoms with E-state index in [-0.39, 0.29) is 4.90 Å². The molecule has 1 N–H and O–H groups in total. The molecular weight excluding hydrogens is 548 g/mol. The summed E-state index contributed by atoms with van der Waals surface area (Å²) in [6.45, 7) is 7.86. The van der Waals surface area contributed by atoms with Gasteiger partial charge < -0.3 is 9.30 Å². The third kappa shape index (κ3) is 6.55. The smallest absolute Gasteiger partial charge is 0.264 e. The van der Waals surface area contributed by atoms with Crippen molar-refractivity contribution in [1.29, 1.82) is 0 Å². The van der Waals surface area contributed by atoms with E-state index < -0.39 is 22.5 Å². The maximum atomic E-state index is 13.6. The fourth-order valence-corrected chi connectivity index (χ4v) is 5.89. The van der Waals surface area contributed by atoms with E-state index in [9.17, 15) is 13.2 Å². The van der Waals surface area contributed by atoms with Gasteiger partial charge in [0.2, 0.25) is 0 Å². The van der Waals surface area contributed by atoms with Crippen LogP contribution in [-0.4, -0.2) is 38.3 Å². The third-order valence-corrected chi connectivity index (χ3v) is 8.29. The van der Waals surface area contributed by atoms with Gasteiger partial charge in [-0.05, 0) is 100.0 Å². The predicted molar refractivity (Wildman–Crippen MR) is 159 cm³/mol. The Labute approximate surface area is 239 Å². The van der Waals surface area contributed by atoms with Crippen molar-refractivity contribution in [3.63, 3.8) is 0 Å². The molecule has 1 amide bonds. The molecule has 40 heavy (non-hydrogen) atoms. The number of hydrogen-bond donors (Lipinski definition) is 1. The first-order valence-corrected chi connectivity index (χ1v) is 14.5. The van der Waals surface area contributed by atoms with Crippen molar-refractivity contribution in [3.05, 3.63) is 106 Å². The van der Waals surface area contributed by atoms with Crippen molar-refractivity contribution in [1.82, 2.24) is 9.99 Å². The van der Waals surface area contributed by atoms with Crippen LogP contribution in [0.3, 0.4) is 0 Å². The maximum absolute atomic E-state index is 13.6. The Bertz CT molecular complexity index is 1630. The number of hydrazone groups is 1. The standard InChI is InChI=1S/C30H31ClN4O4S/c1-5-39-28-13-11-26(12-14-28)34(40(37,38)29-15-9-25(31)10-16-29)20-30(36)33-32-19-24-18-22(3)35(23(24)4)27-8-6-7-21(2)17-27/h6-19H,5,20H2,1-4H3,(H,33,36)/b32-19-. The monoisotopic (exact) mass is 578 g/mol. The molecule has 0 unspecified atom stereocenters. The lowest BCUT2D eigenvalue weighted by Crippen LogP contribution is -2.39. The summed E-state index contributed by atoms with van der Waals surface area (Å²) in [4.78, 5) is 13.0. The zero-order valence-corrected chi connectivity index (χ0v) is 24.3. The highest BCUT2D eigenvalue weighted by Crippen LogP contribution is 2.27. The summed E-state index contributed by atoms with van der Waals surface area (Å²) in [6, 6.07) is 22.4. The van der Waals surface area contributed by atoms with Crippen LogP contribution >= 0.6 is 11.6 Å². The minimum Gasteiger partial charge on any atom is -0.494 e. The van der Waals surface area contributed by atoms with Crippen LogP contribution in [0.2, 0.25) is 5.02 Å². The second-order valence-electron chi connectivity index (χ2n) is 9.19. The van der Waals surface area contributed by atoms with Crippen LogP contribution in [0, 0.1) is 20.8 Å². The maximum Gasteiger partial charge on any atom is 0.264 e. The molecule has 8 nitrogen and oxygen atoms in total. The predicted octanol–water partition coefficient (Wildman–Crippen LogP) is 5.80. The van der Waals surface area contributed by atoms with Gasteiger partial charge in [-0.2, -0.15) is 5.10 Å². The molecule has 0 saturated carbocycles. The minimum atomic E-state index is -4.09. The summed E-state index contributed by atoms with van der Waals surface area (Å²) >= 11 is 5.96. The van der Waals surface area contributed by atoms with Gasteiger partial charge in [-0.3, -0.25) is 9.10 Å². The summed E-state index contributed by atoms with van der Waals surface area (Å²) in [5.41, 5.74) is 7.78. The lowest BCUT2D eigenvalue weighted by Gasteiger charge is -2.24. The molecule has 0 aliphatic rings. The number of carbonyl (C=O) groups is 1. The quantitative estimate of drug-likeness (QED) is 0.190. The topological polar surface area (TPSA) is 93.0 Å². The van der Waals surface area contributed by atoms with E-state index in [4.69, 9.17) is 16.3 Å². The molecule has 0 bridgehead atoms. The van der Waals surface area contributed by atoms with E-state index in [1.54, 1.807) is 30.5 Å². The molecule has 1 heterocycles. The average Bonchev–Trinajstić information content (AvgIpc) is 3.20. The summed E-state index contributed by atoms with van der Waals surface area (Å²) in [7, 11) is -4.09. The van der Waals surface area contributed by atoms with Crippen LogP contribution in [-0.2, 0) is 14.8 Å². The summed E-state index contributed by atoms with van der Waals surface area (Å²) < 4.78 is 35.7. The zero-order valence-electron chi connectivity index (χ0n) is 22.8. The molecule has 1 aromatic heterocycles. The van der Waals surface area contributed by atoms with E-state index in [2.05, 4.69) is 21.2 Å². The van der Waals surface area contributed by atoms with Crippen LogP contribution in [0.1, 0.15) is 29.4 Å². The molecule has 10 heteroatoms. The number of hydrogen-bond acceptors (Lipinski definition) is 5. The van der Waals surface area contributed by atoms with Gasteiger partial charge in [0, 0.05) is 27.7 Å². The molecule has 0 radical (unpaired) electrons. The first kappa shape index (κ1) is 28.9. The number of nitrogens with zero attached hydrogens (tertiary/aromatic N) is 3. The number of nitrogens with one attached hydrogen (secondary N) is 1. The molecule has 0 spiro atoms. The third-order valence-electron chi connectivity index (χ3n) is 6.25. The van der Waals surface area contributed by atoms with E-state index in [0.717, 1.165) is 32.5 Å². The van der Waals surface area contributed by atoms with Crippen molar-refractivity contribution in [2.45, 2.75) is 32.6 Å². The van der Waals surface area contributed by atoms with Gasteiger partial charge in [0.25, 0.3) is 15.9 Å². The minimum absolute atomic E-state index is 0.00525. The van der Waals surface area contributed by atoms with E-state index in [0.29, 0.717) is 23.1 Å². The molecule has 208 valence electrons. The second-order valence-corrected chi connectivity index (χ2v) is 11.5. The number of benzene rings is 3. The van der Waals surface area contributed by atoms with Gasteiger partial charge in [-0.15, -0.1) is 0 Å². The number of ether oxygens (including phenoxy) is 1. The largest absolute Gasteiger partial charge is 0.494 e. The van der Waals surface area contributed by atoms with E-state index in [1.165, 1.54) is 24.3 Å². The van der Waals surface area contributed by atoms with Gasteiger partial charge >= 0.3 is 0 Å². The molecule has 4 aromatic rings. The van der Waals surface area contributed by atoms with Crippen molar-refractivity contribution >= 4 is 39.4 Å². The molecule has 0 atom stereocenters. The van der Waals surface area contributed by atoms with Crippen LogP contribution in [0.5, 0.6) is 5.75 Å². The first-order chi connectivity index (χ1) is 19.1. The van der Waals surface area contributed by atoms with Crippen LogP contribution in [0.15, 0.2) is 88.9 Å². The summed E-state index contributed by atoms with van der Waals surface area (Å²) in [5, 5.41) is 4.53.